The molecule has 4 aliphatic carbocycles. The van der Waals surface area contributed by atoms with Crippen LogP contribution in [0.4, 0.5) is 0 Å². The smallest absolute Gasteiger partial charge is 0.0146 e. The second kappa shape index (κ2) is 9.51. The predicted molar refractivity (Wildman–Crippen MR) is 137 cm³/mol. The number of hydrogen-bond donors (Lipinski definition) is 0. The summed E-state index contributed by atoms with van der Waals surface area (Å²) in [6, 6.07) is 21.4. The van der Waals surface area contributed by atoms with Crippen LogP contribution in [0.3, 0.4) is 0 Å². The Labute approximate surface area is 201 Å². The number of piperidine rings is 1. The summed E-state index contributed by atoms with van der Waals surface area (Å²) < 4.78 is 0. The summed E-state index contributed by atoms with van der Waals surface area (Å²) in [5.41, 5.74) is 5.16. The Kier molecular flexibility index (Phi) is 6.68. The monoisotopic (exact) mass is 449 g/mol. The van der Waals surface area contributed by atoms with Gasteiger partial charge in [0.05, 0.1) is 0 Å². The lowest BCUT2D eigenvalue weighted by atomic mass is 9.45. The highest BCUT2D eigenvalue weighted by atomic mass is 35.5. The number of benzene rings is 2. The van der Waals surface area contributed by atoms with Crippen molar-refractivity contribution in [1.82, 2.24) is 4.90 Å². The minimum absolute atomic E-state index is 0. The van der Waals surface area contributed by atoms with Gasteiger partial charge in [0, 0.05) is 12.5 Å². The Morgan fingerprint density at radius 3 is 1.88 bits per heavy atom. The third-order valence-corrected chi connectivity index (χ3v) is 9.31. The highest BCUT2D eigenvalue weighted by molar-refractivity contribution is 5.85. The van der Waals surface area contributed by atoms with Gasteiger partial charge in [-0.25, -0.2) is 0 Å². The Balaban J connectivity index is 0.00000216. The molecule has 2 heteroatoms. The van der Waals surface area contributed by atoms with Crippen LogP contribution in [-0.2, 0) is 6.42 Å². The summed E-state index contributed by atoms with van der Waals surface area (Å²) in [7, 11) is 0. The maximum atomic E-state index is 2.67. The third kappa shape index (κ3) is 4.40. The van der Waals surface area contributed by atoms with Crippen molar-refractivity contribution in [2.75, 3.05) is 19.6 Å². The number of nitrogens with zero attached hydrogens (tertiary/aromatic N) is 1. The van der Waals surface area contributed by atoms with Gasteiger partial charge in [0.2, 0.25) is 0 Å². The summed E-state index contributed by atoms with van der Waals surface area (Å²) in [5, 5.41) is 0. The quantitative estimate of drug-likeness (QED) is 0.441. The molecule has 0 radical (unpaired) electrons. The second-order valence-electron chi connectivity index (χ2n) is 11.5. The van der Waals surface area contributed by atoms with Gasteiger partial charge in [0.1, 0.15) is 0 Å². The Morgan fingerprint density at radius 1 is 0.719 bits per heavy atom. The topological polar surface area (TPSA) is 3.24 Å². The standard InChI is InChI=1S/C30H39N.ClH/c1-3-7-27(8-4-1)29(30-20-24-17-25(21-30)19-26(18-24)22-30)28-11-9-23(10-12-28)13-16-31-14-5-2-6-15-31;/h1,3-4,7-12,24-26,29H,2,5-6,13-22H2;1H. The van der Waals surface area contributed by atoms with E-state index in [2.05, 4.69) is 59.5 Å². The molecule has 1 nitrogen and oxygen atoms in total. The molecule has 1 unspecified atom stereocenters. The zero-order chi connectivity index (χ0) is 20.7. The molecule has 0 amide bonds. The van der Waals surface area contributed by atoms with Crippen molar-refractivity contribution in [3.8, 4) is 0 Å². The molecule has 2 aromatic rings. The number of likely N-dealkylation sites (tertiary alicyclic amines) is 1. The van der Waals surface area contributed by atoms with E-state index in [0.29, 0.717) is 11.3 Å². The van der Waals surface area contributed by atoms with Crippen molar-refractivity contribution in [1.29, 1.82) is 0 Å². The first-order chi connectivity index (χ1) is 15.3. The van der Waals surface area contributed by atoms with E-state index in [-0.39, 0.29) is 12.4 Å². The van der Waals surface area contributed by atoms with E-state index in [0.717, 1.165) is 17.8 Å². The van der Waals surface area contributed by atoms with Crippen LogP contribution in [0.2, 0.25) is 0 Å². The molecule has 7 rings (SSSR count). The zero-order valence-corrected chi connectivity index (χ0v) is 20.4. The van der Waals surface area contributed by atoms with Gasteiger partial charge in [-0.1, -0.05) is 61.0 Å². The fourth-order valence-corrected chi connectivity index (χ4v) is 8.42. The van der Waals surface area contributed by atoms with E-state index in [1.807, 2.05) is 0 Å². The molecule has 2 aromatic carbocycles. The molecular formula is C30H40ClN. The van der Waals surface area contributed by atoms with Crippen LogP contribution in [0, 0.1) is 23.2 Å². The van der Waals surface area contributed by atoms with Crippen LogP contribution in [0.5, 0.6) is 0 Å². The van der Waals surface area contributed by atoms with E-state index in [4.69, 9.17) is 0 Å². The summed E-state index contributed by atoms with van der Waals surface area (Å²) in [6.45, 7) is 3.84. The molecule has 1 atom stereocenters. The van der Waals surface area contributed by atoms with Crippen molar-refractivity contribution in [3.05, 3.63) is 71.3 Å². The van der Waals surface area contributed by atoms with Gasteiger partial charge in [-0.15, -0.1) is 12.4 Å². The van der Waals surface area contributed by atoms with E-state index >= 15 is 0 Å². The van der Waals surface area contributed by atoms with Crippen LogP contribution < -0.4 is 0 Å². The van der Waals surface area contributed by atoms with Gasteiger partial charge in [-0.2, -0.15) is 0 Å². The normalized spacial score (nSPS) is 32.4. The molecular weight excluding hydrogens is 410 g/mol. The van der Waals surface area contributed by atoms with Crippen LogP contribution in [0.25, 0.3) is 0 Å². The molecule has 0 N–H and O–H groups in total. The fraction of sp³-hybridized carbons (Fsp3) is 0.600. The highest BCUT2D eigenvalue weighted by Crippen LogP contribution is 2.65. The maximum Gasteiger partial charge on any atom is 0.0146 e. The molecule has 1 aliphatic heterocycles. The Bertz CT molecular complexity index is 832. The number of halogens is 1. The molecule has 32 heavy (non-hydrogen) atoms. The average Bonchev–Trinajstić information content (AvgIpc) is 2.79. The minimum atomic E-state index is 0. The zero-order valence-electron chi connectivity index (χ0n) is 19.6. The highest BCUT2D eigenvalue weighted by Gasteiger charge is 2.54. The molecule has 4 saturated carbocycles. The summed E-state index contributed by atoms with van der Waals surface area (Å²) in [6.07, 6.45) is 14.4. The summed E-state index contributed by atoms with van der Waals surface area (Å²) in [5.74, 6) is 3.59. The van der Waals surface area contributed by atoms with Crippen LogP contribution in [0.1, 0.15) is 80.4 Å². The lowest BCUT2D eigenvalue weighted by Crippen LogP contribution is -2.49. The van der Waals surface area contributed by atoms with E-state index in [1.54, 1.807) is 11.1 Å². The Morgan fingerprint density at radius 2 is 1.28 bits per heavy atom. The van der Waals surface area contributed by atoms with Crippen molar-refractivity contribution in [3.63, 3.8) is 0 Å². The summed E-state index contributed by atoms with van der Waals surface area (Å²) >= 11 is 0. The maximum absolute atomic E-state index is 2.67. The van der Waals surface area contributed by atoms with Gasteiger partial charge in [-0.05, 0) is 111 Å². The molecule has 5 fully saturated rings. The molecule has 4 bridgehead atoms. The van der Waals surface area contributed by atoms with Crippen molar-refractivity contribution >= 4 is 12.4 Å². The molecule has 5 aliphatic rings. The predicted octanol–water partition coefficient (Wildman–Crippen LogP) is 7.49. The minimum Gasteiger partial charge on any atom is -0.303 e. The largest absolute Gasteiger partial charge is 0.303 e. The molecule has 1 heterocycles. The van der Waals surface area contributed by atoms with Gasteiger partial charge < -0.3 is 4.90 Å². The summed E-state index contributed by atoms with van der Waals surface area (Å²) in [4.78, 5) is 2.67. The Hall–Kier alpha value is -1.31. The van der Waals surface area contributed by atoms with Crippen molar-refractivity contribution < 1.29 is 0 Å². The van der Waals surface area contributed by atoms with Crippen molar-refractivity contribution in [2.24, 2.45) is 23.2 Å². The van der Waals surface area contributed by atoms with Crippen LogP contribution in [0.15, 0.2) is 54.6 Å². The molecule has 172 valence electrons. The first-order valence-electron chi connectivity index (χ1n) is 13.1. The average molecular weight is 450 g/mol. The fourth-order valence-electron chi connectivity index (χ4n) is 8.42. The molecule has 1 saturated heterocycles. The lowest BCUT2D eigenvalue weighted by molar-refractivity contribution is -0.0618. The number of rotatable bonds is 6. The van der Waals surface area contributed by atoms with Crippen LogP contribution >= 0.6 is 12.4 Å². The lowest BCUT2D eigenvalue weighted by Gasteiger charge is -2.60. The van der Waals surface area contributed by atoms with E-state index < -0.39 is 0 Å². The van der Waals surface area contributed by atoms with Gasteiger partial charge in [0.25, 0.3) is 0 Å². The van der Waals surface area contributed by atoms with E-state index in [1.165, 1.54) is 89.4 Å². The SMILES string of the molecule is Cl.c1ccc(C(c2ccc(CCN3CCCCC3)cc2)C23CC4CC(CC(C4)C2)C3)cc1. The first kappa shape index (κ1) is 22.5. The third-order valence-electron chi connectivity index (χ3n) is 9.31. The number of hydrogen-bond acceptors (Lipinski definition) is 1. The van der Waals surface area contributed by atoms with Crippen molar-refractivity contribution in [2.45, 2.75) is 70.1 Å². The van der Waals surface area contributed by atoms with Gasteiger partial charge in [-0.3, -0.25) is 0 Å². The molecule has 0 spiro atoms. The van der Waals surface area contributed by atoms with E-state index in [9.17, 15) is 0 Å². The van der Waals surface area contributed by atoms with Crippen LogP contribution in [-0.4, -0.2) is 24.5 Å². The van der Waals surface area contributed by atoms with Gasteiger partial charge in [0.15, 0.2) is 0 Å². The second-order valence-corrected chi connectivity index (χ2v) is 11.5. The van der Waals surface area contributed by atoms with Gasteiger partial charge >= 0.3 is 0 Å². The first-order valence-corrected chi connectivity index (χ1v) is 13.1. The molecule has 0 aromatic heterocycles.